The predicted molar refractivity (Wildman–Crippen MR) is 90.5 cm³/mol. The van der Waals surface area contributed by atoms with E-state index in [2.05, 4.69) is 10.1 Å². The molecule has 1 aromatic carbocycles. The third-order valence-corrected chi connectivity index (χ3v) is 5.50. The number of hydrogen-bond donors (Lipinski definition) is 1. The number of hydrogen-bond acceptors (Lipinski definition) is 7. The minimum Gasteiger partial charge on any atom is -0.486 e. The van der Waals surface area contributed by atoms with Gasteiger partial charge in [-0.05, 0) is 31.0 Å². The molecule has 2 aliphatic rings. The van der Waals surface area contributed by atoms with Crippen molar-refractivity contribution in [2.24, 2.45) is 5.73 Å². The van der Waals surface area contributed by atoms with Crippen molar-refractivity contribution in [1.29, 1.82) is 0 Å². The van der Waals surface area contributed by atoms with Gasteiger partial charge in [-0.2, -0.15) is 4.98 Å². The van der Waals surface area contributed by atoms with Crippen molar-refractivity contribution in [3.63, 3.8) is 0 Å². The lowest BCUT2D eigenvalue weighted by atomic mass is 9.99. The van der Waals surface area contributed by atoms with E-state index in [0.29, 0.717) is 24.9 Å². The molecule has 7 heteroatoms. The topological polar surface area (TPSA) is 83.4 Å². The Hall–Kier alpha value is -1.73. The molecule has 6 nitrogen and oxygen atoms in total. The molecule has 1 aliphatic carbocycles. The molecule has 2 N–H and O–H groups in total. The van der Waals surface area contributed by atoms with Gasteiger partial charge in [0.1, 0.15) is 13.2 Å². The molecule has 1 fully saturated rings. The quantitative estimate of drug-likeness (QED) is 0.833. The van der Waals surface area contributed by atoms with Gasteiger partial charge in [-0.25, -0.2) is 0 Å². The summed E-state index contributed by atoms with van der Waals surface area (Å²) in [4.78, 5) is 5.65. The second kappa shape index (κ2) is 6.64. The van der Waals surface area contributed by atoms with Crippen LogP contribution in [0.3, 0.4) is 0 Å². The zero-order chi connectivity index (χ0) is 16.4. The molecule has 4 rings (SSSR count). The Bertz CT molecular complexity index is 713. The van der Waals surface area contributed by atoms with Gasteiger partial charge in [0, 0.05) is 17.1 Å². The van der Waals surface area contributed by atoms with Gasteiger partial charge in [-0.15, -0.1) is 11.8 Å². The van der Waals surface area contributed by atoms with Crippen LogP contribution >= 0.6 is 11.8 Å². The number of ether oxygens (including phenoxy) is 2. The Balaban J connectivity index is 1.34. The Kier molecular flexibility index (Phi) is 4.37. The summed E-state index contributed by atoms with van der Waals surface area (Å²) in [6.07, 6.45) is 4.89. The fourth-order valence-electron chi connectivity index (χ4n) is 3.16. The van der Waals surface area contributed by atoms with Crippen molar-refractivity contribution in [2.45, 2.75) is 42.5 Å². The average molecular weight is 347 g/mol. The maximum Gasteiger partial charge on any atom is 0.227 e. The summed E-state index contributed by atoms with van der Waals surface area (Å²) < 4.78 is 16.5. The fraction of sp³-hybridized carbons (Fsp3) is 0.529. The summed E-state index contributed by atoms with van der Waals surface area (Å²) in [6.45, 7) is 1.22. The monoisotopic (exact) mass is 347 g/mol. The third kappa shape index (κ3) is 3.23. The van der Waals surface area contributed by atoms with Crippen LogP contribution in [0.15, 0.2) is 27.6 Å². The Morgan fingerprint density at radius 3 is 2.75 bits per heavy atom. The van der Waals surface area contributed by atoms with Crippen LogP contribution in [0.2, 0.25) is 0 Å². The van der Waals surface area contributed by atoms with Crippen LogP contribution in [-0.4, -0.2) is 29.1 Å². The van der Waals surface area contributed by atoms with Gasteiger partial charge in [0.25, 0.3) is 0 Å². The molecule has 24 heavy (non-hydrogen) atoms. The van der Waals surface area contributed by atoms with Gasteiger partial charge in [-0.3, -0.25) is 0 Å². The molecule has 0 saturated heterocycles. The Morgan fingerprint density at radius 1 is 1.12 bits per heavy atom. The molecule has 0 amide bonds. The number of nitrogens with two attached hydrogens (primary N) is 1. The van der Waals surface area contributed by atoms with E-state index in [0.717, 1.165) is 54.3 Å². The molecule has 1 aromatic heterocycles. The number of thioether (sulfide) groups is 1. The highest BCUT2D eigenvalue weighted by Crippen LogP contribution is 2.35. The SMILES string of the molecule is NC1(c2noc(CCSc3ccc4c(c3)OCCO4)n2)CCCC1. The van der Waals surface area contributed by atoms with E-state index in [1.807, 2.05) is 18.2 Å². The fourth-order valence-corrected chi connectivity index (χ4v) is 4.02. The second-order valence-electron chi connectivity index (χ2n) is 6.28. The van der Waals surface area contributed by atoms with Crippen molar-refractivity contribution in [3.8, 4) is 11.5 Å². The predicted octanol–water partition coefficient (Wildman–Crippen LogP) is 2.90. The summed E-state index contributed by atoms with van der Waals surface area (Å²) >= 11 is 1.73. The van der Waals surface area contributed by atoms with E-state index in [1.165, 1.54) is 0 Å². The van der Waals surface area contributed by atoms with E-state index >= 15 is 0 Å². The van der Waals surface area contributed by atoms with Crippen molar-refractivity contribution in [2.75, 3.05) is 19.0 Å². The minimum absolute atomic E-state index is 0.384. The number of nitrogens with zero attached hydrogens (tertiary/aromatic N) is 2. The number of rotatable bonds is 5. The molecule has 2 heterocycles. The van der Waals surface area contributed by atoms with Crippen LogP contribution in [0.25, 0.3) is 0 Å². The summed E-state index contributed by atoms with van der Waals surface area (Å²) in [6, 6.07) is 6.02. The van der Waals surface area contributed by atoms with Gasteiger partial charge in [0.2, 0.25) is 5.89 Å². The first-order valence-electron chi connectivity index (χ1n) is 8.37. The first kappa shape index (κ1) is 15.8. The molecule has 1 aliphatic heterocycles. The van der Waals surface area contributed by atoms with Crippen molar-refractivity contribution in [3.05, 3.63) is 29.9 Å². The maximum atomic E-state index is 6.36. The Labute approximate surface area is 145 Å². The molecule has 2 aromatic rings. The first-order valence-corrected chi connectivity index (χ1v) is 9.36. The molecule has 1 saturated carbocycles. The standard InChI is InChI=1S/C17H21N3O3S/c18-17(6-1-2-7-17)16-19-15(23-20-16)5-10-24-12-3-4-13-14(11-12)22-9-8-21-13/h3-4,11H,1-2,5-10,18H2. The zero-order valence-corrected chi connectivity index (χ0v) is 14.3. The zero-order valence-electron chi connectivity index (χ0n) is 13.5. The van der Waals surface area contributed by atoms with E-state index in [-0.39, 0.29) is 5.54 Å². The van der Waals surface area contributed by atoms with Crippen LogP contribution in [0, 0.1) is 0 Å². The lowest BCUT2D eigenvalue weighted by molar-refractivity contribution is 0.171. The number of aryl methyl sites for hydroxylation is 1. The lowest BCUT2D eigenvalue weighted by Gasteiger charge is -2.18. The summed E-state index contributed by atoms with van der Waals surface area (Å²) in [5.41, 5.74) is 5.98. The molecule has 0 bridgehead atoms. The van der Waals surface area contributed by atoms with Gasteiger partial charge in [-0.1, -0.05) is 18.0 Å². The summed E-state index contributed by atoms with van der Waals surface area (Å²) in [5, 5.41) is 4.10. The summed E-state index contributed by atoms with van der Waals surface area (Å²) in [7, 11) is 0. The molecular formula is C17H21N3O3S. The summed E-state index contributed by atoms with van der Waals surface area (Å²) in [5.74, 6) is 3.82. The molecule has 0 unspecified atom stereocenters. The van der Waals surface area contributed by atoms with E-state index in [9.17, 15) is 0 Å². The maximum absolute atomic E-state index is 6.36. The van der Waals surface area contributed by atoms with Crippen molar-refractivity contribution >= 4 is 11.8 Å². The number of aromatic nitrogens is 2. The van der Waals surface area contributed by atoms with Crippen LogP contribution in [-0.2, 0) is 12.0 Å². The van der Waals surface area contributed by atoms with Gasteiger partial charge < -0.3 is 19.7 Å². The van der Waals surface area contributed by atoms with Crippen LogP contribution in [0.4, 0.5) is 0 Å². The first-order chi connectivity index (χ1) is 11.7. The lowest BCUT2D eigenvalue weighted by Crippen LogP contribution is -2.34. The van der Waals surface area contributed by atoms with E-state index in [1.54, 1.807) is 11.8 Å². The van der Waals surface area contributed by atoms with Gasteiger partial charge in [0.15, 0.2) is 17.3 Å². The smallest absolute Gasteiger partial charge is 0.227 e. The molecule has 0 spiro atoms. The number of benzene rings is 1. The highest BCUT2D eigenvalue weighted by Gasteiger charge is 2.35. The normalized spacial score (nSPS) is 18.7. The number of fused-ring (bicyclic) bond motifs is 1. The second-order valence-corrected chi connectivity index (χ2v) is 7.45. The van der Waals surface area contributed by atoms with Crippen molar-refractivity contribution < 1.29 is 14.0 Å². The molecule has 128 valence electrons. The third-order valence-electron chi connectivity index (χ3n) is 4.51. The average Bonchev–Trinajstić information content (AvgIpc) is 3.25. The minimum atomic E-state index is -0.384. The van der Waals surface area contributed by atoms with E-state index < -0.39 is 0 Å². The van der Waals surface area contributed by atoms with Crippen LogP contribution < -0.4 is 15.2 Å². The largest absolute Gasteiger partial charge is 0.486 e. The molecular weight excluding hydrogens is 326 g/mol. The van der Waals surface area contributed by atoms with Gasteiger partial charge in [0.05, 0.1) is 5.54 Å². The highest BCUT2D eigenvalue weighted by molar-refractivity contribution is 7.99. The van der Waals surface area contributed by atoms with E-state index in [4.69, 9.17) is 19.7 Å². The Morgan fingerprint density at radius 2 is 1.92 bits per heavy atom. The van der Waals surface area contributed by atoms with Gasteiger partial charge >= 0.3 is 0 Å². The molecule has 0 atom stereocenters. The van der Waals surface area contributed by atoms with Crippen molar-refractivity contribution in [1.82, 2.24) is 10.1 Å². The van der Waals surface area contributed by atoms with Crippen LogP contribution in [0.1, 0.15) is 37.4 Å². The highest BCUT2D eigenvalue weighted by atomic mass is 32.2. The van der Waals surface area contributed by atoms with Crippen LogP contribution in [0.5, 0.6) is 11.5 Å². The molecule has 0 radical (unpaired) electrons.